The summed E-state index contributed by atoms with van der Waals surface area (Å²) in [5.74, 6) is -1.49. The van der Waals surface area contributed by atoms with Crippen LogP contribution in [0.1, 0.15) is 39.4 Å². The Hall–Kier alpha value is -4.06. The molecule has 2 aliphatic heterocycles. The van der Waals surface area contributed by atoms with Crippen molar-refractivity contribution in [2.45, 2.75) is 12.8 Å². The van der Waals surface area contributed by atoms with E-state index in [2.05, 4.69) is 35.6 Å². The Morgan fingerprint density at radius 2 is 2.06 bits per heavy atom. The van der Waals surface area contributed by atoms with Gasteiger partial charge in [0.05, 0.1) is 11.6 Å². The summed E-state index contributed by atoms with van der Waals surface area (Å²) in [5, 5.41) is 16.7. The highest BCUT2D eigenvalue weighted by molar-refractivity contribution is 6.31. The number of piperidine rings is 1. The van der Waals surface area contributed by atoms with Crippen molar-refractivity contribution in [1.29, 1.82) is 0 Å². The van der Waals surface area contributed by atoms with E-state index in [0.717, 1.165) is 23.8 Å². The van der Waals surface area contributed by atoms with E-state index in [9.17, 15) is 19.1 Å². The Labute approximate surface area is 209 Å². The van der Waals surface area contributed by atoms with Crippen molar-refractivity contribution in [3.8, 4) is 0 Å². The van der Waals surface area contributed by atoms with Gasteiger partial charge in [0.1, 0.15) is 17.3 Å². The first-order valence-electron chi connectivity index (χ1n) is 11.3. The zero-order valence-electron chi connectivity index (χ0n) is 19.0. The van der Waals surface area contributed by atoms with E-state index in [4.69, 9.17) is 11.6 Å². The zero-order valence-corrected chi connectivity index (χ0v) is 19.7. The zero-order chi connectivity index (χ0) is 25.2. The van der Waals surface area contributed by atoms with Crippen LogP contribution in [0.25, 0.3) is 11.0 Å². The van der Waals surface area contributed by atoms with Crippen LogP contribution in [0.3, 0.4) is 0 Å². The topological polar surface area (TPSA) is 148 Å². The molecule has 0 aliphatic carbocycles. The Morgan fingerprint density at radius 1 is 1.25 bits per heavy atom. The summed E-state index contributed by atoms with van der Waals surface area (Å²) >= 11 is 6.09. The number of hydrogen-bond donors (Lipinski definition) is 4. The Balaban J connectivity index is 1.24. The molecule has 4 N–H and O–H groups in total. The van der Waals surface area contributed by atoms with Crippen LogP contribution in [0, 0.1) is 5.92 Å². The summed E-state index contributed by atoms with van der Waals surface area (Å²) < 4.78 is 14.6. The van der Waals surface area contributed by atoms with Gasteiger partial charge in [-0.3, -0.25) is 9.79 Å². The Bertz CT molecular complexity index is 1410. The molecule has 0 spiro atoms. The molecule has 13 heteroatoms. The largest absolute Gasteiger partial charge is 0.476 e. The third-order valence-electron chi connectivity index (χ3n) is 6.12. The average Bonchev–Trinajstić information content (AvgIpc) is 3.31. The van der Waals surface area contributed by atoms with Gasteiger partial charge in [-0.2, -0.15) is 0 Å². The lowest BCUT2D eigenvalue weighted by molar-refractivity contribution is 0.0632. The number of fused-ring (bicyclic) bond motifs is 1. The maximum atomic E-state index is 14.6. The fourth-order valence-corrected chi connectivity index (χ4v) is 4.54. The van der Waals surface area contributed by atoms with E-state index in [-0.39, 0.29) is 29.7 Å². The second-order valence-corrected chi connectivity index (χ2v) is 8.96. The number of amides is 1. The summed E-state index contributed by atoms with van der Waals surface area (Å²) in [5.41, 5.74) is 0.807. The fraction of sp³-hybridized carbons (Fsp3) is 0.304. The molecule has 186 valence electrons. The van der Waals surface area contributed by atoms with E-state index in [1.54, 1.807) is 17.2 Å². The molecule has 11 nitrogen and oxygen atoms in total. The molecule has 0 unspecified atom stereocenters. The van der Waals surface area contributed by atoms with Crippen molar-refractivity contribution < 1.29 is 19.1 Å². The first-order chi connectivity index (χ1) is 17.4. The van der Waals surface area contributed by atoms with Crippen LogP contribution in [-0.2, 0) is 0 Å². The predicted molar refractivity (Wildman–Crippen MR) is 129 cm³/mol. The molecule has 5 heterocycles. The number of pyridine rings is 1. The van der Waals surface area contributed by atoms with E-state index in [0.29, 0.717) is 36.1 Å². The molecule has 0 saturated carbocycles. The van der Waals surface area contributed by atoms with Crippen molar-refractivity contribution in [3.05, 3.63) is 64.5 Å². The number of carbonyl (C=O) groups excluding carboxylic acids is 1. The number of halogens is 2. The summed E-state index contributed by atoms with van der Waals surface area (Å²) in [4.78, 5) is 45.3. The summed E-state index contributed by atoms with van der Waals surface area (Å²) in [6.45, 7) is 1.14. The van der Waals surface area contributed by atoms with Crippen molar-refractivity contribution in [2.24, 2.45) is 10.9 Å². The van der Waals surface area contributed by atoms with E-state index in [1.165, 1.54) is 18.6 Å². The van der Waals surface area contributed by atoms with Crippen LogP contribution < -0.4 is 10.6 Å². The summed E-state index contributed by atoms with van der Waals surface area (Å²) in [7, 11) is 0. The number of likely N-dealkylation sites (tertiary alicyclic amines) is 1. The normalized spacial score (nSPS) is 18.1. The van der Waals surface area contributed by atoms with Gasteiger partial charge in [-0.1, -0.05) is 11.6 Å². The number of amidine groups is 1. The lowest BCUT2D eigenvalue weighted by Crippen LogP contribution is -2.45. The molecule has 36 heavy (non-hydrogen) atoms. The highest BCUT2D eigenvalue weighted by Gasteiger charge is 2.29. The molecule has 0 bridgehead atoms. The Kier molecular flexibility index (Phi) is 6.51. The van der Waals surface area contributed by atoms with Gasteiger partial charge < -0.3 is 25.6 Å². The number of H-pyrrole nitrogens is 1. The average molecular weight is 513 g/mol. The SMILES string of the molecule is O=C(O)c1nccnc1C(=O)N1CCC[C@H](CNC2=C(F)CN=C(c3c[nH]c4ncc(Cl)cc34)N2)C1. The minimum atomic E-state index is -1.31. The van der Waals surface area contributed by atoms with Crippen molar-refractivity contribution in [2.75, 3.05) is 26.2 Å². The van der Waals surface area contributed by atoms with E-state index >= 15 is 0 Å². The molecule has 3 aromatic rings. The van der Waals surface area contributed by atoms with Crippen molar-refractivity contribution in [1.82, 2.24) is 35.5 Å². The van der Waals surface area contributed by atoms with Gasteiger partial charge in [0.15, 0.2) is 17.2 Å². The monoisotopic (exact) mass is 512 g/mol. The third-order valence-corrected chi connectivity index (χ3v) is 6.33. The second-order valence-electron chi connectivity index (χ2n) is 8.52. The number of hydrogen-bond acceptors (Lipinski definition) is 8. The van der Waals surface area contributed by atoms with Crippen LogP contribution in [0.15, 0.2) is 47.5 Å². The minimum Gasteiger partial charge on any atom is -0.476 e. The number of carbonyl (C=O) groups is 2. The van der Waals surface area contributed by atoms with Crippen LogP contribution in [0.2, 0.25) is 5.02 Å². The summed E-state index contributed by atoms with van der Waals surface area (Å²) in [6, 6.07) is 1.77. The maximum absolute atomic E-state index is 14.6. The lowest BCUT2D eigenvalue weighted by atomic mass is 9.97. The number of carboxylic acid groups (broad SMARTS) is 1. The number of aromatic carboxylic acids is 1. The van der Waals surface area contributed by atoms with Crippen LogP contribution in [-0.4, -0.2) is 73.8 Å². The first-order valence-corrected chi connectivity index (χ1v) is 11.7. The van der Waals surface area contributed by atoms with Gasteiger partial charge in [-0.15, -0.1) is 0 Å². The third kappa shape index (κ3) is 4.71. The van der Waals surface area contributed by atoms with Crippen molar-refractivity contribution >= 4 is 40.3 Å². The van der Waals surface area contributed by atoms with Gasteiger partial charge in [-0.05, 0) is 24.8 Å². The maximum Gasteiger partial charge on any atom is 0.356 e. The number of carboxylic acids is 1. The fourth-order valence-electron chi connectivity index (χ4n) is 4.38. The minimum absolute atomic E-state index is 0.0214. The van der Waals surface area contributed by atoms with E-state index in [1.807, 2.05) is 0 Å². The lowest BCUT2D eigenvalue weighted by Gasteiger charge is -2.33. The number of aromatic amines is 1. The van der Waals surface area contributed by atoms with Gasteiger partial charge in [0.25, 0.3) is 5.91 Å². The number of rotatable bonds is 6. The number of aliphatic imine (C=N–C) groups is 1. The highest BCUT2D eigenvalue weighted by Crippen LogP contribution is 2.23. The van der Waals surface area contributed by atoms with E-state index < -0.39 is 17.7 Å². The van der Waals surface area contributed by atoms with Crippen molar-refractivity contribution in [3.63, 3.8) is 0 Å². The molecule has 2 aliphatic rings. The first kappa shape index (κ1) is 23.7. The molecule has 1 fully saturated rings. The standard InChI is InChI=1S/C23H22ClFN8O3/c24-13-6-14-15(9-30-19(14)29-8-13)20-31-10-16(25)21(32-20)28-7-12-2-1-5-33(11-12)22(34)17-18(23(35)36)27-4-3-26-17/h3-4,6,8-9,12,28H,1-2,5,7,10-11H2,(H,29,30)(H,31,32)(H,35,36)/t12-/m1/s1. The van der Waals surface area contributed by atoms with Gasteiger partial charge in [0.2, 0.25) is 0 Å². The molecule has 0 aromatic carbocycles. The predicted octanol–water partition coefficient (Wildman–Crippen LogP) is 2.33. The van der Waals surface area contributed by atoms with Crippen LogP contribution in [0.5, 0.6) is 0 Å². The Morgan fingerprint density at radius 3 is 2.86 bits per heavy atom. The smallest absolute Gasteiger partial charge is 0.356 e. The number of nitrogens with zero attached hydrogens (tertiary/aromatic N) is 5. The van der Waals surface area contributed by atoms with Crippen LogP contribution >= 0.6 is 11.6 Å². The molecular formula is C23H22ClFN8O3. The van der Waals surface area contributed by atoms with Gasteiger partial charge in [-0.25, -0.2) is 24.1 Å². The molecule has 1 atom stereocenters. The second kappa shape index (κ2) is 9.90. The highest BCUT2D eigenvalue weighted by atomic mass is 35.5. The molecule has 5 rings (SSSR count). The quantitative estimate of drug-likeness (QED) is 0.393. The molecule has 3 aromatic heterocycles. The molecule has 0 radical (unpaired) electrons. The number of nitrogens with one attached hydrogen (secondary N) is 3. The number of aromatic nitrogens is 4. The van der Waals surface area contributed by atoms with Crippen LogP contribution in [0.4, 0.5) is 4.39 Å². The molecule has 1 amide bonds. The summed E-state index contributed by atoms with van der Waals surface area (Å²) in [6.07, 6.45) is 7.36. The molecular weight excluding hydrogens is 491 g/mol. The van der Waals surface area contributed by atoms with Gasteiger partial charge in [0, 0.05) is 55.4 Å². The molecule has 1 saturated heterocycles. The van der Waals surface area contributed by atoms with Gasteiger partial charge >= 0.3 is 5.97 Å².